The van der Waals surface area contributed by atoms with Crippen LogP contribution in [0.3, 0.4) is 0 Å². The molecule has 0 aliphatic heterocycles. The number of aryl methyl sites for hydroxylation is 2. The molecule has 1 unspecified atom stereocenters. The number of hydrogen-bond donors (Lipinski definition) is 1. The lowest BCUT2D eigenvalue weighted by Gasteiger charge is -2.12. The van der Waals surface area contributed by atoms with E-state index in [1.165, 1.54) is 4.88 Å². The van der Waals surface area contributed by atoms with Crippen LogP contribution in [0.2, 0.25) is 5.02 Å². The van der Waals surface area contributed by atoms with Crippen LogP contribution in [0.25, 0.3) is 0 Å². The first-order valence-corrected chi connectivity index (χ1v) is 7.88. The second-order valence-corrected chi connectivity index (χ2v) is 7.11. The zero-order chi connectivity index (χ0) is 13.3. The van der Waals surface area contributed by atoms with E-state index in [4.69, 9.17) is 17.3 Å². The van der Waals surface area contributed by atoms with Crippen molar-refractivity contribution in [3.8, 4) is 0 Å². The first-order valence-electron chi connectivity index (χ1n) is 5.61. The van der Waals surface area contributed by atoms with Gasteiger partial charge in [0.2, 0.25) is 0 Å². The summed E-state index contributed by atoms with van der Waals surface area (Å²) in [6.07, 6.45) is 0.760. The van der Waals surface area contributed by atoms with Gasteiger partial charge in [0.1, 0.15) is 0 Å². The number of aromatic nitrogens is 1. The Morgan fingerprint density at radius 2 is 2.17 bits per heavy atom. The molecule has 1 aromatic heterocycles. The Balaban J connectivity index is 2.21. The molecule has 0 bridgehead atoms. The second-order valence-electron chi connectivity index (χ2n) is 4.23. The van der Waals surface area contributed by atoms with Gasteiger partial charge in [-0.25, -0.2) is 4.98 Å². The Hall–Kier alpha value is -0.170. The smallest absolute Gasteiger partial charge is 0.0949 e. The molecule has 5 heteroatoms. The SMILES string of the molecule is Cc1nc(CC(N)c2cc(Cl)ccc2I)sc1C. The van der Waals surface area contributed by atoms with E-state index < -0.39 is 0 Å². The van der Waals surface area contributed by atoms with Crippen molar-refractivity contribution in [2.75, 3.05) is 0 Å². The first kappa shape index (κ1) is 14.2. The van der Waals surface area contributed by atoms with Crippen LogP contribution in [0.15, 0.2) is 18.2 Å². The van der Waals surface area contributed by atoms with E-state index in [0.29, 0.717) is 0 Å². The number of rotatable bonds is 3. The van der Waals surface area contributed by atoms with E-state index in [1.807, 2.05) is 25.1 Å². The maximum atomic E-state index is 6.26. The first-order chi connectivity index (χ1) is 8.47. The fourth-order valence-corrected chi connectivity index (χ4v) is 3.63. The van der Waals surface area contributed by atoms with Crippen LogP contribution in [0.4, 0.5) is 0 Å². The van der Waals surface area contributed by atoms with Gasteiger partial charge in [0.25, 0.3) is 0 Å². The van der Waals surface area contributed by atoms with Gasteiger partial charge in [0.05, 0.1) is 10.7 Å². The molecule has 0 saturated carbocycles. The van der Waals surface area contributed by atoms with Gasteiger partial charge in [-0.1, -0.05) is 11.6 Å². The summed E-state index contributed by atoms with van der Waals surface area (Å²) in [5.41, 5.74) is 8.45. The van der Waals surface area contributed by atoms with E-state index in [-0.39, 0.29) is 6.04 Å². The summed E-state index contributed by atoms with van der Waals surface area (Å²) >= 11 is 10.0. The van der Waals surface area contributed by atoms with Crippen LogP contribution in [-0.2, 0) is 6.42 Å². The lowest BCUT2D eigenvalue weighted by Crippen LogP contribution is -2.14. The lowest BCUT2D eigenvalue weighted by atomic mass is 10.1. The van der Waals surface area contributed by atoms with Crippen molar-refractivity contribution in [1.82, 2.24) is 4.98 Å². The standard InChI is InChI=1S/C13H14ClIN2S/c1-7-8(2)18-13(17-7)6-12(16)10-5-9(14)3-4-11(10)15/h3-5,12H,6,16H2,1-2H3. The molecule has 0 fully saturated rings. The van der Waals surface area contributed by atoms with Gasteiger partial charge in [-0.15, -0.1) is 11.3 Å². The van der Waals surface area contributed by atoms with Gasteiger partial charge in [-0.3, -0.25) is 0 Å². The third-order valence-corrected chi connectivity index (χ3v) is 5.14. The molecule has 0 amide bonds. The molecule has 18 heavy (non-hydrogen) atoms. The van der Waals surface area contributed by atoms with Gasteiger partial charge < -0.3 is 5.73 Å². The Morgan fingerprint density at radius 1 is 1.44 bits per heavy atom. The molecular weight excluding hydrogens is 379 g/mol. The summed E-state index contributed by atoms with van der Waals surface area (Å²) < 4.78 is 1.15. The number of hydrogen-bond acceptors (Lipinski definition) is 3. The minimum atomic E-state index is -0.0550. The zero-order valence-corrected chi connectivity index (χ0v) is 13.9. The third-order valence-electron chi connectivity index (χ3n) is 2.82. The Bertz CT molecular complexity index is 549. The Labute approximate surface area is 130 Å². The second kappa shape index (κ2) is 5.86. The molecule has 2 N–H and O–H groups in total. The van der Waals surface area contributed by atoms with E-state index in [2.05, 4.69) is 34.5 Å². The van der Waals surface area contributed by atoms with Gasteiger partial charge in [0.15, 0.2) is 0 Å². The maximum absolute atomic E-state index is 6.26. The summed E-state index contributed by atoms with van der Waals surface area (Å²) in [4.78, 5) is 5.79. The van der Waals surface area contributed by atoms with E-state index in [0.717, 1.165) is 31.3 Å². The molecule has 1 atom stereocenters. The van der Waals surface area contributed by atoms with Crippen LogP contribution in [-0.4, -0.2) is 4.98 Å². The maximum Gasteiger partial charge on any atom is 0.0949 e. The average molecular weight is 393 g/mol. The molecule has 2 rings (SSSR count). The largest absolute Gasteiger partial charge is 0.324 e. The normalized spacial score (nSPS) is 12.7. The molecular formula is C13H14ClIN2S. The van der Waals surface area contributed by atoms with E-state index >= 15 is 0 Å². The fraction of sp³-hybridized carbons (Fsp3) is 0.308. The van der Waals surface area contributed by atoms with Crippen molar-refractivity contribution >= 4 is 45.5 Å². The highest BCUT2D eigenvalue weighted by Gasteiger charge is 2.14. The zero-order valence-electron chi connectivity index (χ0n) is 10.2. The predicted molar refractivity (Wildman–Crippen MR) is 86.4 cm³/mol. The van der Waals surface area contributed by atoms with Gasteiger partial charge in [0, 0.05) is 25.9 Å². The quantitative estimate of drug-likeness (QED) is 0.793. The molecule has 0 saturated heterocycles. The summed E-state index contributed by atoms with van der Waals surface area (Å²) in [6.45, 7) is 4.12. The van der Waals surface area contributed by atoms with Crippen LogP contribution in [0, 0.1) is 17.4 Å². The van der Waals surface area contributed by atoms with Crippen molar-refractivity contribution in [3.63, 3.8) is 0 Å². The fourth-order valence-electron chi connectivity index (χ4n) is 1.72. The van der Waals surface area contributed by atoms with Crippen LogP contribution >= 0.6 is 45.5 Å². The minimum Gasteiger partial charge on any atom is -0.324 e. The minimum absolute atomic E-state index is 0.0550. The van der Waals surface area contributed by atoms with E-state index in [9.17, 15) is 0 Å². The molecule has 96 valence electrons. The molecule has 0 spiro atoms. The van der Waals surface area contributed by atoms with Crippen LogP contribution < -0.4 is 5.73 Å². The highest BCUT2D eigenvalue weighted by Crippen LogP contribution is 2.27. The number of benzene rings is 1. The number of halogens is 2. The number of nitrogens with zero attached hydrogens (tertiary/aromatic N) is 1. The summed E-state index contributed by atoms with van der Waals surface area (Å²) in [6, 6.07) is 5.77. The molecule has 1 aromatic carbocycles. The van der Waals surface area contributed by atoms with Crippen LogP contribution in [0.1, 0.15) is 27.2 Å². The van der Waals surface area contributed by atoms with Crippen molar-refractivity contribution in [2.24, 2.45) is 5.73 Å². The van der Waals surface area contributed by atoms with Gasteiger partial charge in [-0.05, 0) is 60.2 Å². The van der Waals surface area contributed by atoms with Crippen molar-refractivity contribution < 1.29 is 0 Å². The highest BCUT2D eigenvalue weighted by molar-refractivity contribution is 14.1. The van der Waals surface area contributed by atoms with Crippen LogP contribution in [0.5, 0.6) is 0 Å². The Kier molecular flexibility index (Phi) is 4.64. The molecule has 0 aliphatic carbocycles. The summed E-state index contributed by atoms with van der Waals surface area (Å²) in [5.74, 6) is 0. The monoisotopic (exact) mass is 392 g/mol. The van der Waals surface area contributed by atoms with Crippen molar-refractivity contribution in [1.29, 1.82) is 0 Å². The summed E-state index contributed by atoms with van der Waals surface area (Å²) in [5, 5.41) is 1.82. The molecule has 2 nitrogen and oxygen atoms in total. The molecule has 0 radical (unpaired) electrons. The number of thiazole rings is 1. The predicted octanol–water partition coefficient (Wildman–Crippen LogP) is 4.26. The average Bonchev–Trinajstić information content (AvgIpc) is 2.61. The highest BCUT2D eigenvalue weighted by atomic mass is 127. The number of nitrogens with two attached hydrogens (primary N) is 1. The van der Waals surface area contributed by atoms with Gasteiger partial charge >= 0.3 is 0 Å². The summed E-state index contributed by atoms with van der Waals surface area (Å²) in [7, 11) is 0. The van der Waals surface area contributed by atoms with Crippen molar-refractivity contribution in [3.05, 3.63) is 47.9 Å². The lowest BCUT2D eigenvalue weighted by molar-refractivity contribution is 0.713. The van der Waals surface area contributed by atoms with Crippen molar-refractivity contribution in [2.45, 2.75) is 26.3 Å². The topological polar surface area (TPSA) is 38.9 Å². The third kappa shape index (κ3) is 3.23. The van der Waals surface area contributed by atoms with Gasteiger partial charge in [-0.2, -0.15) is 0 Å². The van der Waals surface area contributed by atoms with E-state index in [1.54, 1.807) is 11.3 Å². The molecule has 0 aliphatic rings. The molecule has 1 heterocycles. The Morgan fingerprint density at radius 3 is 2.78 bits per heavy atom. The molecule has 2 aromatic rings.